The Hall–Kier alpha value is -3.00. The third-order valence-corrected chi connectivity index (χ3v) is 4.54. The van der Waals surface area contributed by atoms with Crippen molar-refractivity contribution in [2.45, 2.75) is 20.0 Å². The molecule has 3 aromatic rings. The summed E-state index contributed by atoms with van der Waals surface area (Å²) in [6.07, 6.45) is 0.0444. The second kappa shape index (κ2) is 7.92. The van der Waals surface area contributed by atoms with Gasteiger partial charge in [-0.15, -0.1) is 11.3 Å². The van der Waals surface area contributed by atoms with Gasteiger partial charge in [0, 0.05) is 18.3 Å². The van der Waals surface area contributed by atoms with E-state index in [-0.39, 0.29) is 31.0 Å². The number of aromatic nitrogens is 2. The highest BCUT2D eigenvalue weighted by atomic mass is 32.1. The van der Waals surface area contributed by atoms with Crippen molar-refractivity contribution < 1.29 is 14.3 Å². The number of fused-ring (bicyclic) bond motifs is 1. The van der Waals surface area contributed by atoms with Crippen LogP contribution in [0.1, 0.15) is 27.5 Å². The van der Waals surface area contributed by atoms with Gasteiger partial charge in [-0.25, -0.2) is 4.98 Å². The topological polar surface area (TPSA) is 89.8 Å². The first-order valence-electron chi connectivity index (χ1n) is 8.00. The van der Waals surface area contributed by atoms with Crippen LogP contribution in [0.4, 0.5) is 0 Å². The number of aryl methyl sites for hydroxylation is 1. The average molecular weight is 371 g/mol. The molecule has 0 unspecified atom stereocenters. The molecule has 0 saturated carbocycles. The number of nitrogens with zero attached hydrogens (tertiary/aromatic N) is 2. The number of rotatable bonds is 6. The number of thiophene rings is 1. The van der Waals surface area contributed by atoms with Gasteiger partial charge in [-0.2, -0.15) is 0 Å². The number of carbonyl (C=O) groups is 2. The zero-order chi connectivity index (χ0) is 18.5. The molecule has 0 atom stereocenters. The largest absolute Gasteiger partial charge is 0.459 e. The second-order valence-electron chi connectivity index (χ2n) is 5.59. The number of esters is 1. The van der Waals surface area contributed by atoms with Gasteiger partial charge in [0.05, 0.1) is 17.0 Å². The third-order valence-electron chi connectivity index (χ3n) is 3.67. The maximum Gasteiger partial charge on any atom is 0.307 e. The predicted octanol–water partition coefficient (Wildman–Crippen LogP) is 1.93. The fourth-order valence-corrected chi connectivity index (χ4v) is 3.08. The fraction of sp³-hybridized carbons (Fsp3) is 0.222. The van der Waals surface area contributed by atoms with Crippen LogP contribution < -0.4 is 10.9 Å². The molecular formula is C18H17N3O4S. The Morgan fingerprint density at radius 2 is 2.12 bits per heavy atom. The van der Waals surface area contributed by atoms with Crippen molar-refractivity contribution in [1.29, 1.82) is 0 Å². The first-order chi connectivity index (χ1) is 12.5. The molecule has 3 aromatic heterocycles. The summed E-state index contributed by atoms with van der Waals surface area (Å²) in [6.45, 7) is 1.92. The van der Waals surface area contributed by atoms with Gasteiger partial charge >= 0.3 is 5.97 Å². The van der Waals surface area contributed by atoms with E-state index >= 15 is 0 Å². The van der Waals surface area contributed by atoms with Crippen LogP contribution in [0.3, 0.4) is 0 Å². The lowest BCUT2D eigenvalue weighted by Gasteiger charge is -2.08. The Kier molecular flexibility index (Phi) is 5.43. The lowest BCUT2D eigenvalue weighted by Crippen LogP contribution is -2.26. The highest BCUT2D eigenvalue weighted by Crippen LogP contribution is 2.08. The van der Waals surface area contributed by atoms with Crippen LogP contribution in [-0.2, 0) is 16.1 Å². The standard InChI is InChI=1S/C18H17N3O4S/c1-12-4-2-6-15-20-13(10-16(22)21(12)15)11-25-17(23)7-8-19-18(24)14-5-3-9-26-14/h2-6,9-10H,7-8,11H2,1H3,(H,19,24). The number of nitrogens with one attached hydrogen (secondary N) is 1. The summed E-state index contributed by atoms with van der Waals surface area (Å²) in [5.74, 6) is -0.685. The Morgan fingerprint density at radius 3 is 2.88 bits per heavy atom. The lowest BCUT2D eigenvalue weighted by molar-refractivity contribution is -0.144. The van der Waals surface area contributed by atoms with E-state index in [0.717, 1.165) is 5.69 Å². The lowest BCUT2D eigenvalue weighted by atomic mass is 10.3. The SMILES string of the molecule is Cc1cccc2nc(COC(=O)CCNC(=O)c3cccs3)cc(=O)n12. The van der Waals surface area contributed by atoms with Crippen molar-refractivity contribution in [2.75, 3.05) is 6.54 Å². The van der Waals surface area contributed by atoms with E-state index < -0.39 is 5.97 Å². The Balaban J connectivity index is 1.52. The van der Waals surface area contributed by atoms with Crippen molar-refractivity contribution in [2.24, 2.45) is 0 Å². The van der Waals surface area contributed by atoms with Crippen LogP contribution in [0.2, 0.25) is 0 Å². The highest BCUT2D eigenvalue weighted by Gasteiger charge is 2.10. The van der Waals surface area contributed by atoms with Crippen molar-refractivity contribution in [1.82, 2.24) is 14.7 Å². The molecule has 7 nitrogen and oxygen atoms in total. The summed E-state index contributed by atoms with van der Waals surface area (Å²) in [6, 6.07) is 10.2. The van der Waals surface area contributed by atoms with Crippen LogP contribution in [0.25, 0.3) is 5.65 Å². The minimum atomic E-state index is -0.470. The fourth-order valence-electron chi connectivity index (χ4n) is 2.44. The molecule has 0 fully saturated rings. The summed E-state index contributed by atoms with van der Waals surface area (Å²) >= 11 is 1.33. The van der Waals surface area contributed by atoms with Crippen LogP contribution >= 0.6 is 11.3 Å². The molecule has 26 heavy (non-hydrogen) atoms. The molecule has 1 amide bonds. The van der Waals surface area contributed by atoms with Crippen LogP contribution in [0, 0.1) is 6.92 Å². The summed E-state index contributed by atoms with van der Waals surface area (Å²) in [7, 11) is 0. The zero-order valence-corrected chi connectivity index (χ0v) is 14.9. The predicted molar refractivity (Wildman–Crippen MR) is 97.3 cm³/mol. The molecule has 0 radical (unpaired) electrons. The van der Waals surface area contributed by atoms with Crippen molar-refractivity contribution >= 4 is 28.9 Å². The third kappa shape index (κ3) is 4.15. The van der Waals surface area contributed by atoms with Crippen molar-refractivity contribution in [3.63, 3.8) is 0 Å². The van der Waals surface area contributed by atoms with E-state index in [9.17, 15) is 14.4 Å². The normalized spacial score (nSPS) is 10.7. The number of ether oxygens (including phenoxy) is 1. The summed E-state index contributed by atoms with van der Waals surface area (Å²) in [5, 5.41) is 4.46. The van der Waals surface area contributed by atoms with Gasteiger partial charge in [-0.3, -0.25) is 18.8 Å². The number of carbonyl (C=O) groups excluding carboxylic acids is 2. The molecule has 8 heteroatoms. The van der Waals surface area contributed by atoms with Gasteiger partial charge in [0.2, 0.25) is 0 Å². The quantitative estimate of drug-likeness (QED) is 0.669. The molecule has 0 spiro atoms. The van der Waals surface area contributed by atoms with Gasteiger partial charge in [0.1, 0.15) is 12.3 Å². The first kappa shape index (κ1) is 17.8. The number of hydrogen-bond donors (Lipinski definition) is 1. The van der Waals surface area contributed by atoms with Crippen LogP contribution in [0.5, 0.6) is 0 Å². The average Bonchev–Trinajstić information content (AvgIpc) is 3.14. The van der Waals surface area contributed by atoms with Gasteiger partial charge in [0.15, 0.2) is 0 Å². The van der Waals surface area contributed by atoms with E-state index in [4.69, 9.17) is 4.74 Å². The zero-order valence-electron chi connectivity index (χ0n) is 14.1. The second-order valence-corrected chi connectivity index (χ2v) is 6.54. The molecule has 0 saturated heterocycles. The number of amides is 1. The molecule has 0 aliphatic carbocycles. The van der Waals surface area contributed by atoms with E-state index in [2.05, 4.69) is 10.3 Å². The van der Waals surface area contributed by atoms with Gasteiger partial charge in [-0.05, 0) is 30.5 Å². The van der Waals surface area contributed by atoms with Crippen molar-refractivity contribution in [3.05, 3.63) is 68.4 Å². The summed E-state index contributed by atoms with van der Waals surface area (Å²) in [5.41, 5.74) is 1.45. The molecule has 134 valence electrons. The maximum absolute atomic E-state index is 12.2. The molecule has 3 rings (SSSR count). The smallest absolute Gasteiger partial charge is 0.307 e. The van der Waals surface area contributed by atoms with E-state index in [1.807, 2.05) is 24.4 Å². The Bertz CT molecular complexity index is 995. The summed E-state index contributed by atoms with van der Waals surface area (Å²) < 4.78 is 6.63. The number of hydrogen-bond acceptors (Lipinski definition) is 6. The monoisotopic (exact) mass is 371 g/mol. The molecule has 0 aromatic carbocycles. The maximum atomic E-state index is 12.2. The molecule has 1 N–H and O–H groups in total. The highest BCUT2D eigenvalue weighted by molar-refractivity contribution is 7.12. The van der Waals surface area contributed by atoms with Gasteiger partial charge < -0.3 is 10.1 Å². The molecule has 3 heterocycles. The molecule has 0 aliphatic heterocycles. The van der Waals surface area contributed by atoms with Crippen LogP contribution in [-0.4, -0.2) is 27.8 Å². The van der Waals surface area contributed by atoms with E-state index in [1.54, 1.807) is 18.2 Å². The first-order valence-corrected chi connectivity index (χ1v) is 8.88. The van der Waals surface area contributed by atoms with Gasteiger partial charge in [0.25, 0.3) is 11.5 Å². The van der Waals surface area contributed by atoms with Crippen molar-refractivity contribution in [3.8, 4) is 0 Å². The Labute approximate surface area is 153 Å². The minimum absolute atomic E-state index is 0.0444. The minimum Gasteiger partial charge on any atom is -0.459 e. The molecule has 0 bridgehead atoms. The molecule has 0 aliphatic rings. The summed E-state index contributed by atoms with van der Waals surface area (Å²) in [4.78, 5) is 40.6. The van der Waals surface area contributed by atoms with Crippen LogP contribution in [0.15, 0.2) is 46.6 Å². The number of pyridine rings is 1. The molecular weight excluding hydrogens is 354 g/mol. The Morgan fingerprint density at radius 1 is 1.27 bits per heavy atom. The van der Waals surface area contributed by atoms with E-state index in [0.29, 0.717) is 16.2 Å². The van der Waals surface area contributed by atoms with E-state index in [1.165, 1.54) is 21.8 Å². The van der Waals surface area contributed by atoms with Gasteiger partial charge in [-0.1, -0.05) is 12.1 Å².